The monoisotopic (exact) mass is 519 g/mol. The molecule has 0 radical (unpaired) electrons. The molecule has 9 nitrogen and oxygen atoms in total. The third-order valence-corrected chi connectivity index (χ3v) is 6.62. The van der Waals surface area contributed by atoms with Crippen molar-refractivity contribution in [2.45, 2.75) is 10.8 Å². The SMILES string of the molecule is N#Cc1c(N)nc(SCc2csc(Nc3ccccc3F)n2)c(C#N)c1-c1ccc(OCCO)nc1. The van der Waals surface area contributed by atoms with Gasteiger partial charge in [0.2, 0.25) is 5.88 Å². The maximum atomic E-state index is 13.9. The Balaban J connectivity index is 1.59. The van der Waals surface area contributed by atoms with Crippen molar-refractivity contribution in [2.24, 2.45) is 0 Å². The topological polar surface area (TPSA) is 154 Å². The predicted octanol–water partition coefficient (Wildman–Crippen LogP) is 4.47. The summed E-state index contributed by atoms with van der Waals surface area (Å²) in [6, 6.07) is 13.7. The average molecular weight is 520 g/mol. The molecule has 0 fully saturated rings. The molecule has 0 amide bonds. The minimum Gasteiger partial charge on any atom is -0.475 e. The molecule has 4 aromatic rings. The van der Waals surface area contributed by atoms with Gasteiger partial charge in [-0.15, -0.1) is 11.3 Å². The Bertz CT molecular complexity index is 1460. The number of hydrogen-bond donors (Lipinski definition) is 3. The van der Waals surface area contributed by atoms with Crippen molar-refractivity contribution in [2.75, 3.05) is 24.3 Å². The maximum absolute atomic E-state index is 13.9. The quantitative estimate of drug-likeness (QED) is 0.270. The van der Waals surface area contributed by atoms with Crippen LogP contribution in [0.3, 0.4) is 0 Å². The number of halogens is 1. The fraction of sp³-hybridized carbons (Fsp3) is 0.125. The number of nitrogens with one attached hydrogen (secondary N) is 1. The minimum atomic E-state index is -0.380. The molecule has 3 aromatic heterocycles. The van der Waals surface area contributed by atoms with Gasteiger partial charge in [-0.2, -0.15) is 10.5 Å². The van der Waals surface area contributed by atoms with E-state index in [2.05, 4.69) is 26.3 Å². The van der Waals surface area contributed by atoms with Crippen molar-refractivity contribution in [1.29, 1.82) is 10.5 Å². The Morgan fingerprint density at radius 3 is 2.64 bits per heavy atom. The molecule has 0 unspecified atom stereocenters. The predicted molar refractivity (Wildman–Crippen MR) is 135 cm³/mol. The zero-order valence-corrected chi connectivity index (χ0v) is 20.2. The first-order valence-corrected chi connectivity index (χ1v) is 12.3. The maximum Gasteiger partial charge on any atom is 0.213 e. The van der Waals surface area contributed by atoms with Crippen LogP contribution in [0.15, 0.2) is 53.0 Å². The van der Waals surface area contributed by atoms with E-state index in [4.69, 9.17) is 15.6 Å². The van der Waals surface area contributed by atoms with Crippen LogP contribution in [0.5, 0.6) is 5.88 Å². The van der Waals surface area contributed by atoms with E-state index >= 15 is 0 Å². The lowest BCUT2D eigenvalue weighted by Gasteiger charge is -2.13. The molecule has 0 aliphatic rings. The number of aliphatic hydroxyl groups is 1. The van der Waals surface area contributed by atoms with Crippen LogP contribution in [-0.2, 0) is 5.75 Å². The molecule has 4 N–H and O–H groups in total. The van der Waals surface area contributed by atoms with E-state index in [9.17, 15) is 14.9 Å². The van der Waals surface area contributed by atoms with E-state index in [0.29, 0.717) is 44.3 Å². The van der Waals surface area contributed by atoms with E-state index in [0.717, 1.165) is 0 Å². The third-order valence-electron chi connectivity index (χ3n) is 4.81. The molecule has 0 aliphatic carbocycles. The van der Waals surface area contributed by atoms with Gasteiger partial charge in [0.05, 0.1) is 23.6 Å². The molecule has 180 valence electrons. The van der Waals surface area contributed by atoms with Crippen molar-refractivity contribution in [3.05, 3.63) is 70.6 Å². The normalized spacial score (nSPS) is 10.4. The molecular weight excluding hydrogens is 501 g/mol. The standard InChI is InChI=1S/C24H18FN7O2S2/c25-18-3-1-2-4-19(18)31-24-30-15(13-36-24)12-35-23-17(10-27)21(16(9-26)22(28)32-23)14-5-6-20(29-11-14)34-8-7-33/h1-6,11,13,33H,7-8,12H2,(H2,28,32)(H,30,31). The minimum absolute atomic E-state index is 0.00482. The number of nitrogens with zero attached hydrogens (tertiary/aromatic N) is 5. The summed E-state index contributed by atoms with van der Waals surface area (Å²) >= 11 is 2.57. The van der Waals surface area contributed by atoms with Crippen LogP contribution in [0.1, 0.15) is 16.8 Å². The summed E-state index contributed by atoms with van der Waals surface area (Å²) in [5.74, 6) is 0.280. The number of ether oxygens (including phenoxy) is 1. The fourth-order valence-electron chi connectivity index (χ4n) is 3.21. The van der Waals surface area contributed by atoms with Gasteiger partial charge in [-0.3, -0.25) is 0 Å². The van der Waals surface area contributed by atoms with E-state index in [1.807, 2.05) is 11.4 Å². The smallest absolute Gasteiger partial charge is 0.213 e. The zero-order valence-electron chi connectivity index (χ0n) is 18.6. The van der Waals surface area contributed by atoms with Crippen LogP contribution < -0.4 is 15.8 Å². The first-order chi connectivity index (χ1) is 17.5. The molecule has 0 atom stereocenters. The van der Waals surface area contributed by atoms with Crippen LogP contribution in [0.2, 0.25) is 0 Å². The molecule has 3 heterocycles. The highest BCUT2D eigenvalue weighted by atomic mass is 32.2. The highest BCUT2D eigenvalue weighted by Gasteiger charge is 2.21. The fourth-order valence-corrected chi connectivity index (χ4v) is 4.92. The number of benzene rings is 1. The van der Waals surface area contributed by atoms with E-state index in [1.165, 1.54) is 35.4 Å². The van der Waals surface area contributed by atoms with Crippen molar-refractivity contribution in [1.82, 2.24) is 15.0 Å². The number of nitriles is 2. The van der Waals surface area contributed by atoms with Crippen LogP contribution in [0.25, 0.3) is 11.1 Å². The molecule has 0 saturated carbocycles. The van der Waals surface area contributed by atoms with Crippen LogP contribution in [0.4, 0.5) is 21.0 Å². The number of anilines is 3. The molecular formula is C24H18FN7O2S2. The Morgan fingerprint density at radius 1 is 1.14 bits per heavy atom. The first-order valence-electron chi connectivity index (χ1n) is 10.5. The van der Waals surface area contributed by atoms with Gasteiger partial charge < -0.3 is 20.9 Å². The number of hydrogen-bond acceptors (Lipinski definition) is 11. The van der Waals surface area contributed by atoms with Crippen molar-refractivity contribution < 1.29 is 14.2 Å². The Morgan fingerprint density at radius 2 is 1.94 bits per heavy atom. The number of para-hydroxylation sites is 1. The molecule has 4 rings (SSSR count). The Hall–Kier alpha value is -4.23. The van der Waals surface area contributed by atoms with E-state index < -0.39 is 0 Å². The molecule has 36 heavy (non-hydrogen) atoms. The van der Waals surface area contributed by atoms with Crippen molar-refractivity contribution in [3.8, 4) is 29.1 Å². The number of nitrogens with two attached hydrogens (primary N) is 1. The lowest BCUT2D eigenvalue weighted by molar-refractivity contribution is 0.196. The molecule has 12 heteroatoms. The second-order valence-corrected chi connectivity index (χ2v) is 8.97. The second kappa shape index (κ2) is 11.5. The van der Waals surface area contributed by atoms with Gasteiger partial charge in [0.25, 0.3) is 0 Å². The lowest BCUT2D eigenvalue weighted by Crippen LogP contribution is -2.05. The van der Waals surface area contributed by atoms with Crippen molar-refractivity contribution >= 4 is 39.7 Å². The summed E-state index contributed by atoms with van der Waals surface area (Å²) in [7, 11) is 0. The van der Waals surface area contributed by atoms with Gasteiger partial charge in [-0.05, 0) is 18.2 Å². The summed E-state index contributed by atoms with van der Waals surface area (Å²) in [5.41, 5.74) is 8.20. The number of thioether (sulfide) groups is 1. The summed E-state index contributed by atoms with van der Waals surface area (Å²) in [4.78, 5) is 12.9. The zero-order chi connectivity index (χ0) is 25.5. The largest absolute Gasteiger partial charge is 0.475 e. The third kappa shape index (κ3) is 5.53. The lowest BCUT2D eigenvalue weighted by atomic mass is 9.98. The van der Waals surface area contributed by atoms with Crippen LogP contribution >= 0.6 is 23.1 Å². The van der Waals surface area contributed by atoms with Gasteiger partial charge in [-0.1, -0.05) is 23.9 Å². The number of rotatable bonds is 9. The van der Waals surface area contributed by atoms with Crippen molar-refractivity contribution in [3.63, 3.8) is 0 Å². The summed E-state index contributed by atoms with van der Waals surface area (Å²) in [6.45, 7) is -0.0574. The Labute approximate surface area is 214 Å². The first kappa shape index (κ1) is 24.9. The summed E-state index contributed by atoms with van der Waals surface area (Å²) in [5, 5.41) is 34.2. The van der Waals surface area contributed by atoms with Gasteiger partial charge in [0.1, 0.15) is 41.0 Å². The molecule has 0 spiro atoms. The number of nitrogen functional groups attached to an aromatic ring is 1. The molecule has 0 saturated heterocycles. The van der Waals surface area contributed by atoms with Gasteiger partial charge >= 0.3 is 0 Å². The van der Waals surface area contributed by atoms with Gasteiger partial charge in [0, 0.05) is 34.5 Å². The van der Waals surface area contributed by atoms with E-state index in [1.54, 1.807) is 30.3 Å². The number of aromatic nitrogens is 3. The molecule has 1 aromatic carbocycles. The van der Waals surface area contributed by atoms with Crippen LogP contribution in [-0.4, -0.2) is 33.3 Å². The van der Waals surface area contributed by atoms with Gasteiger partial charge in [-0.25, -0.2) is 19.3 Å². The summed E-state index contributed by atoms with van der Waals surface area (Å²) < 4.78 is 19.2. The molecule has 0 aliphatic heterocycles. The van der Waals surface area contributed by atoms with Crippen LogP contribution in [0, 0.1) is 28.5 Å². The number of aliphatic hydroxyl groups excluding tert-OH is 1. The Kier molecular flexibility index (Phi) is 7.92. The number of pyridine rings is 2. The number of thiazole rings is 1. The highest BCUT2D eigenvalue weighted by Crippen LogP contribution is 2.37. The molecule has 0 bridgehead atoms. The average Bonchev–Trinajstić information content (AvgIpc) is 3.34. The van der Waals surface area contributed by atoms with Gasteiger partial charge in [0.15, 0.2) is 5.13 Å². The highest BCUT2D eigenvalue weighted by molar-refractivity contribution is 7.98. The van der Waals surface area contributed by atoms with E-state index in [-0.39, 0.29) is 36.0 Å². The second-order valence-electron chi connectivity index (χ2n) is 7.15. The summed E-state index contributed by atoms with van der Waals surface area (Å²) in [6.07, 6.45) is 1.47.